The smallest absolute Gasteiger partial charge is 0.319 e. The number of esters is 1. The standard InChI is InChI=1S/C18H17FN2O5S/c1-12(27-15-8-6-14(7-9-15)21(24)25)18(23)26-11-17(22)20-10-13-4-2-3-5-16(13)19/h2-9,12H,10-11H2,1H3,(H,20,22)/t12-/m0/s1. The summed E-state index contributed by atoms with van der Waals surface area (Å²) < 4.78 is 18.4. The Hall–Kier alpha value is -2.94. The van der Waals surface area contributed by atoms with E-state index in [2.05, 4.69) is 5.32 Å². The highest BCUT2D eigenvalue weighted by atomic mass is 32.2. The minimum Gasteiger partial charge on any atom is -0.455 e. The van der Waals surface area contributed by atoms with Crippen molar-refractivity contribution >= 4 is 29.3 Å². The molecule has 0 aliphatic heterocycles. The number of halogens is 1. The maximum Gasteiger partial charge on any atom is 0.319 e. The predicted octanol–water partition coefficient (Wildman–Crippen LogP) is 3.07. The average molecular weight is 392 g/mol. The van der Waals surface area contributed by atoms with Crippen molar-refractivity contribution in [2.24, 2.45) is 0 Å². The first-order valence-electron chi connectivity index (χ1n) is 7.94. The van der Waals surface area contributed by atoms with Crippen LogP contribution in [0.2, 0.25) is 0 Å². The first-order valence-corrected chi connectivity index (χ1v) is 8.82. The van der Waals surface area contributed by atoms with Gasteiger partial charge in [0.05, 0.1) is 4.92 Å². The van der Waals surface area contributed by atoms with E-state index in [0.29, 0.717) is 10.5 Å². The zero-order valence-corrected chi connectivity index (χ0v) is 15.2. The summed E-state index contributed by atoms with van der Waals surface area (Å²) in [6.07, 6.45) is 0. The fraction of sp³-hybridized carbons (Fsp3) is 0.222. The molecule has 1 amide bonds. The van der Waals surface area contributed by atoms with E-state index in [9.17, 15) is 24.1 Å². The number of amides is 1. The van der Waals surface area contributed by atoms with Gasteiger partial charge in [0.25, 0.3) is 11.6 Å². The number of benzene rings is 2. The van der Waals surface area contributed by atoms with Gasteiger partial charge in [-0.05, 0) is 25.1 Å². The fourth-order valence-corrected chi connectivity index (χ4v) is 2.91. The SMILES string of the molecule is C[C@H](Sc1ccc([N+](=O)[O-])cc1)C(=O)OCC(=O)NCc1ccccc1F. The van der Waals surface area contributed by atoms with Crippen LogP contribution in [-0.4, -0.2) is 28.7 Å². The van der Waals surface area contributed by atoms with Crippen molar-refractivity contribution in [3.8, 4) is 0 Å². The number of thioether (sulfide) groups is 1. The molecule has 0 heterocycles. The van der Waals surface area contributed by atoms with Crippen molar-refractivity contribution in [1.29, 1.82) is 0 Å². The zero-order valence-electron chi connectivity index (χ0n) is 14.4. The van der Waals surface area contributed by atoms with E-state index < -0.39 is 34.5 Å². The Labute approximate surface area is 159 Å². The van der Waals surface area contributed by atoms with Crippen LogP contribution in [0, 0.1) is 15.9 Å². The highest BCUT2D eigenvalue weighted by molar-refractivity contribution is 8.00. The van der Waals surface area contributed by atoms with Crippen LogP contribution in [0.4, 0.5) is 10.1 Å². The molecule has 1 atom stereocenters. The molecule has 0 spiro atoms. The number of nitrogens with zero attached hydrogens (tertiary/aromatic N) is 1. The zero-order chi connectivity index (χ0) is 19.8. The van der Waals surface area contributed by atoms with Crippen molar-refractivity contribution in [3.63, 3.8) is 0 Å². The van der Waals surface area contributed by atoms with E-state index in [0.717, 1.165) is 11.8 Å². The first kappa shape index (κ1) is 20.4. The number of nitrogens with one attached hydrogen (secondary N) is 1. The molecule has 0 bridgehead atoms. The quantitative estimate of drug-likeness (QED) is 0.321. The molecule has 0 aromatic heterocycles. The molecule has 7 nitrogen and oxygen atoms in total. The molecule has 0 aliphatic carbocycles. The average Bonchev–Trinajstić information content (AvgIpc) is 2.65. The number of nitro groups is 1. The summed E-state index contributed by atoms with van der Waals surface area (Å²) in [4.78, 5) is 34.5. The molecule has 27 heavy (non-hydrogen) atoms. The van der Waals surface area contributed by atoms with Crippen LogP contribution in [0.3, 0.4) is 0 Å². The maximum absolute atomic E-state index is 13.5. The molecule has 0 aliphatic rings. The number of carbonyl (C=O) groups is 2. The predicted molar refractivity (Wildman–Crippen MR) is 97.6 cm³/mol. The van der Waals surface area contributed by atoms with Crippen LogP contribution in [-0.2, 0) is 20.9 Å². The Morgan fingerprint density at radius 3 is 2.52 bits per heavy atom. The molecular formula is C18H17FN2O5S. The summed E-state index contributed by atoms with van der Waals surface area (Å²) in [5.74, 6) is -1.57. The molecule has 0 saturated heterocycles. The molecule has 2 aromatic carbocycles. The minimum atomic E-state index is -0.606. The van der Waals surface area contributed by atoms with Crippen molar-refractivity contribution in [1.82, 2.24) is 5.32 Å². The van der Waals surface area contributed by atoms with Gasteiger partial charge in [0, 0.05) is 29.1 Å². The van der Waals surface area contributed by atoms with Crippen molar-refractivity contribution in [2.45, 2.75) is 23.6 Å². The Bertz CT molecular complexity index is 829. The van der Waals surface area contributed by atoms with Crippen LogP contribution in [0.25, 0.3) is 0 Å². The lowest BCUT2D eigenvalue weighted by Crippen LogP contribution is -2.30. The van der Waals surface area contributed by atoms with Gasteiger partial charge in [0.15, 0.2) is 6.61 Å². The number of carbonyl (C=O) groups excluding carboxylic acids is 2. The van der Waals surface area contributed by atoms with E-state index >= 15 is 0 Å². The van der Waals surface area contributed by atoms with Crippen LogP contribution in [0.5, 0.6) is 0 Å². The summed E-state index contributed by atoms with van der Waals surface area (Å²) in [5, 5.41) is 12.5. The summed E-state index contributed by atoms with van der Waals surface area (Å²) >= 11 is 1.16. The van der Waals surface area contributed by atoms with E-state index in [-0.39, 0.29) is 12.2 Å². The van der Waals surface area contributed by atoms with Gasteiger partial charge in [-0.1, -0.05) is 18.2 Å². The van der Waals surface area contributed by atoms with Gasteiger partial charge < -0.3 is 10.1 Å². The monoisotopic (exact) mass is 392 g/mol. The van der Waals surface area contributed by atoms with Gasteiger partial charge in [0.1, 0.15) is 11.1 Å². The molecule has 2 aromatic rings. The summed E-state index contributed by atoms with van der Waals surface area (Å²) in [6.45, 7) is 1.13. The summed E-state index contributed by atoms with van der Waals surface area (Å²) in [5.41, 5.74) is 0.292. The van der Waals surface area contributed by atoms with Crippen molar-refractivity contribution in [2.75, 3.05) is 6.61 Å². The number of rotatable bonds is 8. The van der Waals surface area contributed by atoms with E-state index in [1.165, 1.54) is 30.3 Å². The lowest BCUT2D eigenvalue weighted by atomic mass is 10.2. The molecule has 0 saturated carbocycles. The van der Waals surface area contributed by atoms with Gasteiger partial charge in [-0.2, -0.15) is 0 Å². The molecule has 0 radical (unpaired) electrons. The van der Waals surface area contributed by atoms with Gasteiger partial charge in [-0.25, -0.2) is 4.39 Å². The second kappa shape index (κ2) is 9.67. The topological polar surface area (TPSA) is 98.5 Å². The number of ether oxygens (including phenoxy) is 1. The van der Waals surface area contributed by atoms with Crippen molar-refractivity contribution < 1.29 is 23.6 Å². The minimum absolute atomic E-state index is 0.00381. The molecule has 9 heteroatoms. The maximum atomic E-state index is 13.5. The van der Waals surface area contributed by atoms with Gasteiger partial charge in [-0.15, -0.1) is 11.8 Å². The van der Waals surface area contributed by atoms with Gasteiger partial charge in [0.2, 0.25) is 0 Å². The molecule has 142 valence electrons. The molecular weight excluding hydrogens is 375 g/mol. The Balaban J connectivity index is 1.76. The molecule has 2 rings (SSSR count). The van der Waals surface area contributed by atoms with E-state index in [1.807, 2.05) is 0 Å². The molecule has 1 N–H and O–H groups in total. The number of nitro benzene ring substituents is 1. The third-order valence-electron chi connectivity index (χ3n) is 3.47. The number of non-ortho nitro benzene ring substituents is 1. The van der Waals surface area contributed by atoms with Crippen LogP contribution in [0.15, 0.2) is 53.4 Å². The molecule has 0 unspecified atom stereocenters. The first-order chi connectivity index (χ1) is 12.9. The normalized spacial score (nSPS) is 11.5. The Morgan fingerprint density at radius 2 is 1.89 bits per heavy atom. The molecule has 0 fully saturated rings. The van der Waals surface area contributed by atoms with Crippen LogP contribution < -0.4 is 5.32 Å². The Kier molecular flexibility index (Phi) is 7.30. The second-order valence-electron chi connectivity index (χ2n) is 5.49. The van der Waals surface area contributed by atoms with E-state index in [1.54, 1.807) is 25.1 Å². The highest BCUT2D eigenvalue weighted by Gasteiger charge is 2.18. The number of hydrogen-bond donors (Lipinski definition) is 1. The van der Waals surface area contributed by atoms with Crippen molar-refractivity contribution in [3.05, 3.63) is 70.0 Å². The Morgan fingerprint density at radius 1 is 1.22 bits per heavy atom. The number of hydrogen-bond acceptors (Lipinski definition) is 6. The van der Waals surface area contributed by atoms with Gasteiger partial charge >= 0.3 is 5.97 Å². The summed E-state index contributed by atoms with van der Waals surface area (Å²) in [6, 6.07) is 11.8. The summed E-state index contributed by atoms with van der Waals surface area (Å²) in [7, 11) is 0. The lowest BCUT2D eigenvalue weighted by molar-refractivity contribution is -0.384. The second-order valence-corrected chi connectivity index (χ2v) is 6.90. The third-order valence-corrected chi connectivity index (χ3v) is 4.56. The van der Waals surface area contributed by atoms with Gasteiger partial charge in [-0.3, -0.25) is 19.7 Å². The van der Waals surface area contributed by atoms with E-state index in [4.69, 9.17) is 4.74 Å². The van der Waals surface area contributed by atoms with Crippen LogP contribution >= 0.6 is 11.8 Å². The third kappa shape index (κ3) is 6.37. The fourth-order valence-electron chi connectivity index (χ4n) is 2.04. The highest BCUT2D eigenvalue weighted by Crippen LogP contribution is 2.25. The lowest BCUT2D eigenvalue weighted by Gasteiger charge is -2.11. The largest absolute Gasteiger partial charge is 0.455 e. The van der Waals surface area contributed by atoms with Crippen LogP contribution in [0.1, 0.15) is 12.5 Å².